The molecule has 35 heavy (non-hydrogen) atoms. The number of ether oxygens (including phenoxy) is 1. The number of methoxy groups -OCH3 is 1. The maximum absolute atomic E-state index is 13.3. The monoisotopic (exact) mass is 472 g/mol. The first kappa shape index (κ1) is 22.1. The van der Waals surface area contributed by atoms with Crippen molar-refractivity contribution < 1.29 is 9.53 Å². The van der Waals surface area contributed by atoms with E-state index in [-0.39, 0.29) is 5.91 Å². The number of pyridine rings is 1. The molecule has 0 bridgehead atoms. The van der Waals surface area contributed by atoms with E-state index >= 15 is 0 Å². The largest absolute Gasteiger partial charge is 0.497 e. The van der Waals surface area contributed by atoms with E-state index in [1.165, 1.54) is 0 Å². The Morgan fingerprint density at radius 1 is 1.11 bits per heavy atom. The van der Waals surface area contributed by atoms with Gasteiger partial charge in [0.2, 0.25) is 5.82 Å². The van der Waals surface area contributed by atoms with Crippen LogP contribution in [0.3, 0.4) is 0 Å². The molecule has 0 aliphatic carbocycles. The van der Waals surface area contributed by atoms with Crippen LogP contribution >= 0.6 is 0 Å². The molecule has 0 atom stereocenters. The van der Waals surface area contributed by atoms with Crippen LogP contribution in [0, 0.1) is 0 Å². The molecule has 0 fully saturated rings. The molecule has 178 valence electrons. The first-order valence-electron chi connectivity index (χ1n) is 10.9. The van der Waals surface area contributed by atoms with Crippen LogP contribution in [0.2, 0.25) is 0 Å². The van der Waals surface area contributed by atoms with Gasteiger partial charge >= 0.3 is 0 Å². The smallest absolute Gasteiger partial charge is 0.254 e. The Morgan fingerprint density at radius 2 is 1.97 bits per heavy atom. The van der Waals surface area contributed by atoms with Gasteiger partial charge in [-0.05, 0) is 19.1 Å². The second kappa shape index (κ2) is 8.89. The maximum Gasteiger partial charge on any atom is 0.254 e. The number of anilines is 2. The number of carbonyl (C=O) groups is 1. The highest BCUT2D eigenvalue weighted by Crippen LogP contribution is 2.33. The van der Waals surface area contributed by atoms with E-state index in [2.05, 4.69) is 25.7 Å². The van der Waals surface area contributed by atoms with E-state index in [1.807, 2.05) is 44.0 Å². The Kier molecular flexibility index (Phi) is 5.61. The van der Waals surface area contributed by atoms with E-state index in [4.69, 9.17) is 14.8 Å². The van der Waals surface area contributed by atoms with Crippen LogP contribution in [0.15, 0.2) is 49.2 Å². The summed E-state index contributed by atoms with van der Waals surface area (Å²) in [4.78, 5) is 26.8. The van der Waals surface area contributed by atoms with E-state index in [0.29, 0.717) is 57.9 Å². The summed E-state index contributed by atoms with van der Waals surface area (Å²) in [7, 11) is 5.27. The average Bonchev–Trinajstić information content (AvgIpc) is 3.57. The summed E-state index contributed by atoms with van der Waals surface area (Å²) in [6.07, 6.45) is 8.72. The number of aromatic nitrogens is 8. The van der Waals surface area contributed by atoms with Crippen LogP contribution in [0.4, 0.5) is 11.6 Å². The van der Waals surface area contributed by atoms with Crippen molar-refractivity contribution in [3.63, 3.8) is 0 Å². The first-order chi connectivity index (χ1) is 17.0. The molecule has 2 N–H and O–H groups in total. The minimum atomic E-state index is -0.259. The fraction of sp³-hybridized carbons (Fsp3) is 0.217. The van der Waals surface area contributed by atoms with Crippen molar-refractivity contribution in [1.82, 2.24) is 44.2 Å². The van der Waals surface area contributed by atoms with Gasteiger partial charge in [0.1, 0.15) is 17.1 Å². The third kappa shape index (κ3) is 4.05. The van der Waals surface area contributed by atoms with Crippen LogP contribution in [0.5, 0.6) is 5.75 Å². The fourth-order valence-corrected chi connectivity index (χ4v) is 3.80. The van der Waals surface area contributed by atoms with Crippen LogP contribution in [-0.4, -0.2) is 58.5 Å². The minimum Gasteiger partial charge on any atom is -0.497 e. The molecule has 0 saturated carbocycles. The second-order valence-corrected chi connectivity index (χ2v) is 7.80. The van der Waals surface area contributed by atoms with Gasteiger partial charge in [0.15, 0.2) is 11.6 Å². The predicted molar refractivity (Wildman–Crippen MR) is 129 cm³/mol. The number of amides is 1. The quantitative estimate of drug-likeness (QED) is 0.370. The Bertz CT molecular complexity index is 1530. The highest BCUT2D eigenvalue weighted by Gasteiger charge is 2.26. The zero-order chi connectivity index (χ0) is 24.5. The number of imidazole rings is 1. The summed E-state index contributed by atoms with van der Waals surface area (Å²) in [5.41, 5.74) is 2.16. The fourth-order valence-electron chi connectivity index (χ4n) is 3.80. The van der Waals surface area contributed by atoms with Crippen molar-refractivity contribution in [3.8, 4) is 28.7 Å². The predicted octanol–water partition coefficient (Wildman–Crippen LogP) is 2.43. The topological polar surface area (TPSA) is 129 Å². The highest BCUT2D eigenvalue weighted by molar-refractivity contribution is 6.09. The Morgan fingerprint density at radius 3 is 2.66 bits per heavy atom. The molecule has 1 amide bonds. The Labute approximate surface area is 200 Å². The number of nitrogens with zero attached hydrogens (tertiary/aromatic N) is 8. The SMILES string of the molecule is CCNC(=O)c1c(-c2ccn(C)n2)cn2nc(-c3nccn3C)nc(Nc3cc(OC)ccn3)c12. The van der Waals surface area contributed by atoms with Crippen LogP contribution < -0.4 is 15.4 Å². The van der Waals surface area contributed by atoms with Gasteiger partial charge in [-0.3, -0.25) is 9.48 Å². The maximum atomic E-state index is 13.3. The summed E-state index contributed by atoms with van der Waals surface area (Å²) >= 11 is 0. The van der Waals surface area contributed by atoms with Crippen molar-refractivity contribution in [2.45, 2.75) is 6.92 Å². The van der Waals surface area contributed by atoms with Crippen molar-refractivity contribution in [3.05, 3.63) is 54.7 Å². The van der Waals surface area contributed by atoms with E-state index in [1.54, 1.807) is 47.0 Å². The zero-order valence-corrected chi connectivity index (χ0v) is 19.7. The molecule has 0 aliphatic heterocycles. The molecular formula is C23H24N10O2. The molecule has 12 nitrogen and oxygen atoms in total. The lowest BCUT2D eigenvalue weighted by Gasteiger charge is -2.11. The third-order valence-corrected chi connectivity index (χ3v) is 5.42. The molecule has 5 rings (SSSR count). The molecule has 0 spiro atoms. The van der Waals surface area contributed by atoms with E-state index in [0.717, 1.165) is 0 Å². The number of hydrogen-bond donors (Lipinski definition) is 2. The lowest BCUT2D eigenvalue weighted by molar-refractivity contribution is 0.0958. The molecule has 0 unspecified atom stereocenters. The van der Waals surface area contributed by atoms with Gasteiger partial charge in [0, 0.05) is 63.3 Å². The lowest BCUT2D eigenvalue weighted by atomic mass is 10.1. The summed E-state index contributed by atoms with van der Waals surface area (Å²) < 4.78 is 10.5. The van der Waals surface area contributed by atoms with Crippen molar-refractivity contribution >= 4 is 23.1 Å². The summed E-state index contributed by atoms with van der Waals surface area (Å²) in [5, 5.41) is 15.3. The van der Waals surface area contributed by atoms with Gasteiger partial charge in [-0.2, -0.15) is 5.10 Å². The molecule has 12 heteroatoms. The summed E-state index contributed by atoms with van der Waals surface area (Å²) in [5.74, 6) is 2.21. The van der Waals surface area contributed by atoms with Gasteiger partial charge in [0.25, 0.3) is 5.91 Å². The van der Waals surface area contributed by atoms with Crippen LogP contribution in [0.1, 0.15) is 17.3 Å². The van der Waals surface area contributed by atoms with E-state index in [9.17, 15) is 4.79 Å². The lowest BCUT2D eigenvalue weighted by Crippen LogP contribution is -2.23. The van der Waals surface area contributed by atoms with Gasteiger partial charge in [-0.25, -0.2) is 19.5 Å². The molecule has 5 aromatic rings. The standard InChI is InChI=1S/C23H24N10O2/c1-5-24-23(34)18-15(16-7-10-32(3)29-16)13-33-19(18)20(27-17-12-14(35-4)6-8-25-17)28-21(30-33)22-26-9-11-31(22)2/h6-13H,5H2,1-4H3,(H,24,34)(H,25,27,28,30). The molecule has 0 aromatic carbocycles. The summed E-state index contributed by atoms with van der Waals surface area (Å²) in [6.45, 7) is 2.33. The molecule has 5 aromatic heterocycles. The Balaban J connectivity index is 1.79. The average molecular weight is 473 g/mol. The molecule has 0 saturated heterocycles. The van der Waals surface area contributed by atoms with Crippen molar-refractivity contribution in [2.24, 2.45) is 14.1 Å². The van der Waals surface area contributed by atoms with E-state index < -0.39 is 0 Å². The second-order valence-electron chi connectivity index (χ2n) is 7.80. The minimum absolute atomic E-state index is 0.259. The normalized spacial score (nSPS) is 11.1. The number of nitrogens with one attached hydrogen (secondary N) is 2. The molecular weight excluding hydrogens is 448 g/mol. The van der Waals surface area contributed by atoms with Gasteiger partial charge in [-0.15, -0.1) is 5.10 Å². The van der Waals surface area contributed by atoms with Crippen molar-refractivity contribution in [2.75, 3.05) is 19.0 Å². The van der Waals surface area contributed by atoms with Gasteiger partial charge in [-0.1, -0.05) is 0 Å². The Hall–Kier alpha value is -4.74. The number of fused-ring (bicyclic) bond motifs is 1. The zero-order valence-electron chi connectivity index (χ0n) is 19.7. The van der Waals surface area contributed by atoms with Crippen LogP contribution in [-0.2, 0) is 14.1 Å². The third-order valence-electron chi connectivity index (χ3n) is 5.42. The number of hydrogen-bond acceptors (Lipinski definition) is 8. The van der Waals surface area contributed by atoms with Crippen LogP contribution in [0.25, 0.3) is 28.4 Å². The van der Waals surface area contributed by atoms with Gasteiger partial charge < -0.3 is 19.9 Å². The number of rotatable bonds is 7. The highest BCUT2D eigenvalue weighted by atomic mass is 16.5. The first-order valence-corrected chi connectivity index (χ1v) is 10.9. The number of carbonyl (C=O) groups excluding carboxylic acids is 1. The number of aryl methyl sites for hydroxylation is 2. The molecule has 5 heterocycles. The molecule has 0 aliphatic rings. The van der Waals surface area contributed by atoms with Gasteiger partial charge in [0.05, 0.1) is 18.4 Å². The molecule has 0 radical (unpaired) electrons. The van der Waals surface area contributed by atoms with Crippen molar-refractivity contribution in [1.29, 1.82) is 0 Å². The summed E-state index contributed by atoms with van der Waals surface area (Å²) in [6, 6.07) is 5.34.